The molecule has 0 radical (unpaired) electrons. The maximum absolute atomic E-state index is 14.1. The fraction of sp³-hybridized carbons (Fsp3) is 0.310. The summed E-state index contributed by atoms with van der Waals surface area (Å²) in [4.78, 5) is 24.6. The lowest BCUT2D eigenvalue weighted by molar-refractivity contribution is -0.120. The number of carbonyl (C=O) groups excluding carboxylic acids is 1. The molecule has 4 aromatic rings. The topological polar surface area (TPSA) is 84.1 Å². The van der Waals surface area contributed by atoms with Gasteiger partial charge < -0.3 is 10.0 Å². The van der Waals surface area contributed by atoms with Gasteiger partial charge in [0.1, 0.15) is 5.75 Å². The highest BCUT2D eigenvalue weighted by atomic mass is 35.5. The first-order valence-electron chi connectivity index (χ1n) is 12.5. The van der Waals surface area contributed by atoms with Crippen molar-refractivity contribution in [2.24, 2.45) is 0 Å². The lowest BCUT2D eigenvalue weighted by Crippen LogP contribution is -2.36. The summed E-state index contributed by atoms with van der Waals surface area (Å²) in [5, 5.41) is 14.9. The number of anilines is 1. The van der Waals surface area contributed by atoms with E-state index < -0.39 is 0 Å². The number of benzene rings is 1. The van der Waals surface area contributed by atoms with Crippen molar-refractivity contribution in [2.75, 3.05) is 4.90 Å². The molecule has 3 heterocycles. The van der Waals surface area contributed by atoms with Crippen molar-refractivity contribution in [3.05, 3.63) is 101 Å². The molecule has 1 aliphatic rings. The van der Waals surface area contributed by atoms with E-state index in [9.17, 15) is 9.90 Å². The van der Waals surface area contributed by atoms with E-state index >= 15 is 0 Å². The molecule has 1 N–H and O–H groups in total. The number of hydrogen-bond acceptors (Lipinski definition) is 5. The third kappa shape index (κ3) is 6.34. The molecule has 0 bridgehead atoms. The summed E-state index contributed by atoms with van der Waals surface area (Å²) >= 11 is 0. The smallest absolute Gasteiger partial charge is 0.234 e. The summed E-state index contributed by atoms with van der Waals surface area (Å²) in [5.41, 5.74) is 5.62. The molecule has 0 saturated carbocycles. The van der Waals surface area contributed by atoms with Crippen molar-refractivity contribution in [1.29, 1.82) is 0 Å². The van der Waals surface area contributed by atoms with E-state index in [0.717, 1.165) is 52.9 Å². The number of rotatable bonds is 7. The molecule has 5 rings (SSSR count). The summed E-state index contributed by atoms with van der Waals surface area (Å²) in [6, 6.07) is 13.4. The average molecular weight is 555 g/mol. The average Bonchev–Trinajstić information content (AvgIpc) is 3.34. The number of aromatic hydroxyl groups is 1. The molecule has 0 aliphatic heterocycles. The van der Waals surface area contributed by atoms with E-state index in [1.54, 1.807) is 24.7 Å². The second kappa shape index (κ2) is 12.9. The van der Waals surface area contributed by atoms with Crippen molar-refractivity contribution in [3.63, 3.8) is 0 Å². The Hall–Kier alpha value is -3.42. The van der Waals surface area contributed by atoms with Gasteiger partial charge in [0.25, 0.3) is 0 Å². The van der Waals surface area contributed by atoms with Crippen LogP contribution in [0.3, 0.4) is 0 Å². The van der Waals surface area contributed by atoms with E-state index in [1.807, 2.05) is 58.4 Å². The maximum atomic E-state index is 14.1. The van der Waals surface area contributed by atoms with Crippen LogP contribution in [-0.2, 0) is 24.3 Å². The predicted octanol–water partition coefficient (Wildman–Crippen LogP) is 6.05. The Labute approximate surface area is 235 Å². The third-order valence-electron chi connectivity index (χ3n) is 6.84. The number of hydrogen-bond donors (Lipinski definition) is 1. The number of amides is 1. The van der Waals surface area contributed by atoms with E-state index in [4.69, 9.17) is 0 Å². The first kappa shape index (κ1) is 29.1. The Morgan fingerprint density at radius 1 is 1.08 bits per heavy atom. The molecule has 7 nitrogen and oxygen atoms in total. The predicted molar refractivity (Wildman–Crippen MR) is 153 cm³/mol. The number of phenols is 1. The highest BCUT2D eigenvalue weighted by Gasteiger charge is 2.32. The van der Waals surface area contributed by atoms with Gasteiger partial charge in [0.05, 0.1) is 37.1 Å². The number of carbonyl (C=O) groups is 1. The van der Waals surface area contributed by atoms with Crippen LogP contribution in [-0.4, -0.2) is 30.8 Å². The molecule has 9 heteroatoms. The van der Waals surface area contributed by atoms with Crippen LogP contribution in [0, 0.1) is 0 Å². The fourth-order valence-corrected chi connectivity index (χ4v) is 4.90. The van der Waals surface area contributed by atoms with Crippen LogP contribution < -0.4 is 4.90 Å². The van der Waals surface area contributed by atoms with E-state index in [2.05, 4.69) is 28.9 Å². The van der Waals surface area contributed by atoms with Crippen LogP contribution in [0.1, 0.15) is 66.5 Å². The van der Waals surface area contributed by atoms with Crippen LogP contribution >= 0.6 is 24.8 Å². The van der Waals surface area contributed by atoms with Crippen molar-refractivity contribution in [2.45, 2.75) is 58.0 Å². The molecule has 1 amide bonds. The quantitative estimate of drug-likeness (QED) is 0.301. The molecule has 200 valence electrons. The van der Waals surface area contributed by atoms with Gasteiger partial charge in [0.15, 0.2) is 0 Å². The molecule has 1 aliphatic carbocycles. The summed E-state index contributed by atoms with van der Waals surface area (Å²) in [5.74, 6) is 0.291. The summed E-state index contributed by atoms with van der Waals surface area (Å²) in [7, 11) is 0. The number of halogens is 2. The van der Waals surface area contributed by atoms with Gasteiger partial charge in [-0.15, -0.1) is 24.8 Å². The highest BCUT2D eigenvalue weighted by molar-refractivity contribution is 5.98. The molecule has 0 spiro atoms. The van der Waals surface area contributed by atoms with Crippen molar-refractivity contribution >= 4 is 36.4 Å². The van der Waals surface area contributed by atoms with Crippen LogP contribution in [0.2, 0.25) is 0 Å². The second-order valence-corrected chi connectivity index (χ2v) is 9.71. The largest absolute Gasteiger partial charge is 0.508 e. The van der Waals surface area contributed by atoms with Gasteiger partial charge in [0.2, 0.25) is 5.91 Å². The SMILES string of the molecule is CC(C)c1ccc(N(Cc2cnn(Cc3ccncc3)c2)C(=O)C2CCCc3c(O)cccc32)cn1.Cl.Cl. The van der Waals surface area contributed by atoms with Gasteiger partial charge in [-0.3, -0.25) is 19.4 Å². The number of fused-ring (bicyclic) bond motifs is 1. The molecule has 1 unspecified atom stereocenters. The van der Waals surface area contributed by atoms with Gasteiger partial charge >= 0.3 is 0 Å². The Balaban J connectivity index is 0.00000200. The van der Waals surface area contributed by atoms with Crippen LogP contribution in [0.5, 0.6) is 5.75 Å². The fourth-order valence-electron chi connectivity index (χ4n) is 4.90. The second-order valence-electron chi connectivity index (χ2n) is 9.71. The monoisotopic (exact) mass is 553 g/mol. The number of nitrogens with zero attached hydrogens (tertiary/aromatic N) is 5. The molecule has 1 atom stereocenters. The Bertz CT molecular complexity index is 1340. The summed E-state index contributed by atoms with van der Waals surface area (Å²) in [6.07, 6.45) is 11.5. The zero-order chi connectivity index (χ0) is 25.1. The maximum Gasteiger partial charge on any atom is 0.234 e. The van der Waals surface area contributed by atoms with Crippen LogP contribution in [0.25, 0.3) is 0 Å². The minimum atomic E-state index is -0.308. The van der Waals surface area contributed by atoms with Gasteiger partial charge in [-0.25, -0.2) is 0 Å². The van der Waals surface area contributed by atoms with Crippen molar-refractivity contribution < 1.29 is 9.90 Å². The normalized spacial score (nSPS) is 14.2. The number of aromatic nitrogens is 4. The molecular formula is C29H33Cl2N5O2. The van der Waals surface area contributed by atoms with Gasteiger partial charge in [-0.2, -0.15) is 5.10 Å². The van der Waals surface area contributed by atoms with Gasteiger partial charge in [-0.05, 0) is 72.2 Å². The first-order chi connectivity index (χ1) is 17.5. The zero-order valence-electron chi connectivity index (χ0n) is 21.5. The molecule has 3 aromatic heterocycles. The standard InChI is InChI=1S/C29H31N5O2.2ClH/c1-20(2)27-10-9-23(16-31-27)34(19-22-15-32-33(18-22)17-21-11-13-30-14-12-21)29(36)26-7-3-6-25-24(26)5-4-8-28(25)35;;/h4-5,8-16,18,20,26,35H,3,6-7,17,19H2,1-2H3;2*1H. The van der Waals surface area contributed by atoms with Crippen LogP contribution in [0.4, 0.5) is 5.69 Å². The molecule has 1 aromatic carbocycles. The summed E-state index contributed by atoms with van der Waals surface area (Å²) < 4.78 is 1.88. The molecular weight excluding hydrogens is 521 g/mol. The molecule has 0 saturated heterocycles. The lowest BCUT2D eigenvalue weighted by Gasteiger charge is -2.31. The van der Waals surface area contributed by atoms with E-state index in [0.29, 0.717) is 19.0 Å². The summed E-state index contributed by atoms with van der Waals surface area (Å²) in [6.45, 7) is 5.24. The van der Waals surface area contributed by atoms with Gasteiger partial charge in [0, 0.05) is 29.8 Å². The first-order valence-corrected chi connectivity index (χ1v) is 12.5. The number of phenolic OH excluding ortho intramolecular Hbond substituents is 1. The molecule has 38 heavy (non-hydrogen) atoms. The lowest BCUT2D eigenvalue weighted by atomic mass is 9.81. The van der Waals surface area contributed by atoms with E-state index in [1.165, 1.54) is 0 Å². The Morgan fingerprint density at radius 2 is 1.87 bits per heavy atom. The minimum absolute atomic E-state index is 0. The molecule has 0 fully saturated rings. The Morgan fingerprint density at radius 3 is 2.58 bits per heavy atom. The number of pyridine rings is 2. The third-order valence-corrected chi connectivity index (χ3v) is 6.84. The van der Waals surface area contributed by atoms with Gasteiger partial charge in [-0.1, -0.05) is 26.0 Å². The highest BCUT2D eigenvalue weighted by Crippen LogP contribution is 2.38. The van der Waals surface area contributed by atoms with E-state index in [-0.39, 0.29) is 42.4 Å². The van der Waals surface area contributed by atoms with Crippen molar-refractivity contribution in [1.82, 2.24) is 19.7 Å². The zero-order valence-corrected chi connectivity index (χ0v) is 23.2. The minimum Gasteiger partial charge on any atom is -0.508 e. The Kier molecular flexibility index (Phi) is 9.89. The van der Waals surface area contributed by atoms with Crippen LogP contribution in [0.15, 0.2) is 73.4 Å². The van der Waals surface area contributed by atoms with Crippen molar-refractivity contribution in [3.8, 4) is 5.75 Å².